The summed E-state index contributed by atoms with van der Waals surface area (Å²) >= 11 is 0. The van der Waals surface area contributed by atoms with Gasteiger partial charge in [-0.2, -0.15) is 0 Å². The first kappa shape index (κ1) is 73.5. The lowest BCUT2D eigenvalue weighted by Crippen LogP contribution is -2.29. The molecule has 75 heavy (non-hydrogen) atoms. The molecule has 3 N–H and O–H groups in total. The number of esters is 2. The zero-order valence-corrected chi connectivity index (χ0v) is 50.7. The van der Waals surface area contributed by atoms with Crippen LogP contribution in [0.5, 0.6) is 0 Å². The second-order valence-corrected chi connectivity index (χ2v) is 23.8. The molecule has 0 fully saturated rings. The molecule has 0 rings (SSSR count). The number of phosphoric acid groups is 1. The number of carbonyl (C=O) groups excluding carboxylic acids is 2. The van der Waals surface area contributed by atoms with Crippen LogP contribution in [0.2, 0.25) is 0 Å². The van der Waals surface area contributed by atoms with E-state index in [-0.39, 0.29) is 38.6 Å². The van der Waals surface area contributed by atoms with Gasteiger partial charge in [0.15, 0.2) is 6.10 Å². The molecule has 0 saturated heterocycles. The Morgan fingerprint density at radius 3 is 1.03 bits per heavy atom. The Labute approximate surface area is 465 Å². The summed E-state index contributed by atoms with van der Waals surface area (Å²) in [5.41, 5.74) is 5.38. The highest BCUT2D eigenvalue weighted by molar-refractivity contribution is 7.47. The summed E-state index contributed by atoms with van der Waals surface area (Å²) < 4.78 is 33.0. The lowest BCUT2D eigenvalue weighted by Gasteiger charge is -2.19. The van der Waals surface area contributed by atoms with Crippen molar-refractivity contribution >= 4 is 19.8 Å². The largest absolute Gasteiger partial charge is 0.472 e. The Morgan fingerprint density at radius 2 is 0.693 bits per heavy atom. The minimum Gasteiger partial charge on any atom is -0.462 e. The molecule has 0 aromatic heterocycles. The van der Waals surface area contributed by atoms with E-state index >= 15 is 0 Å². The van der Waals surface area contributed by atoms with Gasteiger partial charge in [0.05, 0.1) is 13.2 Å². The van der Waals surface area contributed by atoms with E-state index in [0.29, 0.717) is 6.42 Å². The molecule has 0 heterocycles. The third kappa shape index (κ3) is 61.6. The molecular formula is C65H126NO8P. The van der Waals surface area contributed by atoms with E-state index in [4.69, 9.17) is 24.3 Å². The average molecular weight is 1080 g/mol. The first-order valence-electron chi connectivity index (χ1n) is 32.8. The van der Waals surface area contributed by atoms with Crippen molar-refractivity contribution in [2.75, 3.05) is 26.4 Å². The van der Waals surface area contributed by atoms with Gasteiger partial charge in [-0.3, -0.25) is 18.6 Å². The fourth-order valence-corrected chi connectivity index (χ4v) is 10.7. The van der Waals surface area contributed by atoms with E-state index in [1.54, 1.807) is 0 Å². The molecule has 0 aromatic rings. The minimum absolute atomic E-state index is 0.0529. The highest BCUT2D eigenvalue weighted by Gasteiger charge is 2.26. The van der Waals surface area contributed by atoms with Crippen LogP contribution < -0.4 is 5.73 Å². The highest BCUT2D eigenvalue weighted by Crippen LogP contribution is 2.43. The summed E-state index contributed by atoms with van der Waals surface area (Å²) in [6.45, 7) is 3.76. The van der Waals surface area contributed by atoms with Gasteiger partial charge in [-0.25, -0.2) is 4.57 Å². The van der Waals surface area contributed by atoms with Crippen molar-refractivity contribution < 1.29 is 37.6 Å². The molecule has 2 atom stereocenters. The monoisotopic (exact) mass is 1080 g/mol. The fourth-order valence-electron chi connectivity index (χ4n) is 9.97. The van der Waals surface area contributed by atoms with Crippen molar-refractivity contribution in [2.45, 2.75) is 354 Å². The SMILES string of the molecule is CCCCCC/C=C\C/C=C\CCCCCCCC(=O)OC(COC(=O)CCCCCCCCCCCCCCCCCCCCCCCCCCCCCCCCCCCCCCCC)COP(=O)(O)OCCN. The zero-order valence-electron chi connectivity index (χ0n) is 49.8. The van der Waals surface area contributed by atoms with Crippen molar-refractivity contribution in [3.05, 3.63) is 24.3 Å². The fraction of sp³-hybridized carbons (Fsp3) is 0.908. The number of rotatable bonds is 63. The summed E-state index contributed by atoms with van der Waals surface area (Å²) in [5.74, 6) is -0.827. The molecule has 2 unspecified atom stereocenters. The van der Waals surface area contributed by atoms with Gasteiger partial charge in [0, 0.05) is 19.4 Å². The second kappa shape index (κ2) is 61.7. The number of unbranched alkanes of at least 4 members (excludes halogenated alkanes) is 46. The standard InChI is InChI=1S/C65H126NO8P/c1-3-5-7-9-11-13-15-17-19-21-22-23-24-25-26-27-28-29-30-31-32-33-34-35-36-37-38-39-40-41-42-44-45-47-49-51-53-55-57-64(67)71-61-63(62-73-75(69,70)72-60-59-66)74-65(68)58-56-54-52-50-48-46-43-20-18-16-14-12-10-8-6-4-2/h14,16,20,43,63H,3-13,15,17-19,21-42,44-62,66H2,1-2H3,(H,69,70)/b16-14-,43-20-. The Balaban J connectivity index is 3.73. The van der Waals surface area contributed by atoms with E-state index in [1.165, 1.54) is 257 Å². The smallest absolute Gasteiger partial charge is 0.462 e. The number of hydrogen-bond donors (Lipinski definition) is 2. The molecule has 9 nitrogen and oxygen atoms in total. The molecule has 0 saturated carbocycles. The minimum atomic E-state index is -4.39. The Bertz CT molecular complexity index is 1280. The molecule has 0 radical (unpaired) electrons. The third-order valence-corrected chi connectivity index (χ3v) is 15.8. The van der Waals surface area contributed by atoms with Crippen molar-refractivity contribution in [3.63, 3.8) is 0 Å². The van der Waals surface area contributed by atoms with Gasteiger partial charge >= 0.3 is 19.8 Å². The van der Waals surface area contributed by atoms with Crippen LogP contribution in [-0.4, -0.2) is 49.3 Å². The number of hydrogen-bond acceptors (Lipinski definition) is 8. The molecule has 0 aliphatic carbocycles. The van der Waals surface area contributed by atoms with E-state index < -0.39 is 26.5 Å². The highest BCUT2D eigenvalue weighted by atomic mass is 31.2. The molecule has 10 heteroatoms. The van der Waals surface area contributed by atoms with Crippen LogP contribution in [0.1, 0.15) is 348 Å². The van der Waals surface area contributed by atoms with Crippen LogP contribution in [0.15, 0.2) is 24.3 Å². The Morgan fingerprint density at radius 1 is 0.400 bits per heavy atom. The summed E-state index contributed by atoms with van der Waals surface area (Å²) in [5, 5.41) is 0. The number of nitrogens with two attached hydrogens (primary N) is 1. The van der Waals surface area contributed by atoms with Gasteiger partial charge in [-0.15, -0.1) is 0 Å². The summed E-state index contributed by atoms with van der Waals surface area (Å²) in [6, 6.07) is 0. The topological polar surface area (TPSA) is 134 Å². The van der Waals surface area contributed by atoms with Gasteiger partial charge < -0.3 is 20.1 Å². The normalized spacial score (nSPS) is 13.1. The van der Waals surface area contributed by atoms with Crippen LogP contribution in [-0.2, 0) is 32.7 Å². The van der Waals surface area contributed by atoms with Crippen LogP contribution >= 0.6 is 7.82 Å². The second-order valence-electron chi connectivity index (χ2n) is 22.3. The van der Waals surface area contributed by atoms with E-state index in [1.807, 2.05) is 0 Å². The van der Waals surface area contributed by atoms with Crippen LogP contribution in [0.4, 0.5) is 0 Å². The summed E-state index contributed by atoms with van der Waals surface area (Å²) in [6.07, 6.45) is 74.3. The average Bonchev–Trinajstić information content (AvgIpc) is 3.40. The zero-order chi connectivity index (χ0) is 54.5. The molecule has 0 aromatic carbocycles. The Hall–Kier alpha value is -1.51. The third-order valence-electron chi connectivity index (χ3n) is 14.8. The maximum Gasteiger partial charge on any atom is 0.472 e. The quantitative estimate of drug-likeness (QED) is 0.0264. The van der Waals surface area contributed by atoms with E-state index in [9.17, 15) is 19.0 Å². The van der Waals surface area contributed by atoms with Gasteiger partial charge in [0.1, 0.15) is 6.61 Å². The maximum atomic E-state index is 12.7. The molecule has 0 amide bonds. The van der Waals surface area contributed by atoms with Gasteiger partial charge in [-0.05, 0) is 44.9 Å². The van der Waals surface area contributed by atoms with Crippen molar-refractivity contribution in [2.24, 2.45) is 5.73 Å². The van der Waals surface area contributed by atoms with Gasteiger partial charge in [0.25, 0.3) is 0 Å². The van der Waals surface area contributed by atoms with Crippen molar-refractivity contribution in [3.8, 4) is 0 Å². The Kier molecular flexibility index (Phi) is 60.5. The first-order chi connectivity index (χ1) is 36.8. The molecule has 444 valence electrons. The predicted molar refractivity (Wildman–Crippen MR) is 321 cm³/mol. The first-order valence-corrected chi connectivity index (χ1v) is 34.3. The summed E-state index contributed by atoms with van der Waals surface area (Å²) in [4.78, 5) is 35.2. The van der Waals surface area contributed by atoms with Gasteiger partial charge in [0.2, 0.25) is 0 Å². The number of phosphoric ester groups is 1. The van der Waals surface area contributed by atoms with E-state index in [2.05, 4.69) is 38.2 Å². The number of ether oxygens (including phenoxy) is 2. The molecular weight excluding hydrogens is 954 g/mol. The molecule has 0 aliphatic rings. The van der Waals surface area contributed by atoms with Crippen LogP contribution in [0.3, 0.4) is 0 Å². The number of allylic oxidation sites excluding steroid dienone is 4. The molecule has 0 spiro atoms. The summed E-state index contributed by atoms with van der Waals surface area (Å²) in [7, 11) is -4.39. The number of carbonyl (C=O) groups is 2. The van der Waals surface area contributed by atoms with Crippen molar-refractivity contribution in [1.82, 2.24) is 0 Å². The predicted octanol–water partition coefficient (Wildman–Crippen LogP) is 21.0. The van der Waals surface area contributed by atoms with Crippen molar-refractivity contribution in [1.29, 1.82) is 0 Å². The lowest BCUT2D eigenvalue weighted by atomic mass is 10.0. The van der Waals surface area contributed by atoms with Crippen LogP contribution in [0.25, 0.3) is 0 Å². The van der Waals surface area contributed by atoms with Crippen LogP contribution in [0, 0.1) is 0 Å². The maximum absolute atomic E-state index is 12.7. The molecule has 0 bridgehead atoms. The molecule has 0 aliphatic heterocycles. The lowest BCUT2D eigenvalue weighted by molar-refractivity contribution is -0.161. The van der Waals surface area contributed by atoms with Gasteiger partial charge in [-0.1, -0.05) is 314 Å². The van der Waals surface area contributed by atoms with E-state index in [0.717, 1.165) is 57.8 Å².